The molecule has 2 rings (SSSR count). The first-order chi connectivity index (χ1) is 9.77. The molecule has 0 saturated carbocycles. The molecule has 1 N–H and O–H groups in total. The Kier molecular flexibility index (Phi) is 4.49. The molecule has 0 aromatic rings. The first kappa shape index (κ1) is 16.1. The van der Waals surface area contributed by atoms with Gasteiger partial charge in [0.2, 0.25) is 5.91 Å². The molecular formula is C16H28N2O3. The van der Waals surface area contributed by atoms with Crippen molar-refractivity contribution in [3.8, 4) is 0 Å². The van der Waals surface area contributed by atoms with Gasteiger partial charge < -0.3 is 15.0 Å². The number of piperidine rings is 1. The Labute approximate surface area is 127 Å². The Morgan fingerprint density at radius 2 is 2.00 bits per heavy atom. The van der Waals surface area contributed by atoms with Crippen molar-refractivity contribution in [1.82, 2.24) is 10.2 Å². The van der Waals surface area contributed by atoms with Crippen LogP contribution in [-0.2, 0) is 9.53 Å². The van der Waals surface area contributed by atoms with E-state index in [-0.39, 0.29) is 23.3 Å². The monoisotopic (exact) mass is 296 g/mol. The highest BCUT2D eigenvalue weighted by Gasteiger charge is 2.49. The zero-order chi connectivity index (χ0) is 15.7. The predicted molar refractivity (Wildman–Crippen MR) is 80.9 cm³/mol. The van der Waals surface area contributed by atoms with Gasteiger partial charge in [-0.25, -0.2) is 4.79 Å². The van der Waals surface area contributed by atoms with Gasteiger partial charge in [0.05, 0.1) is 0 Å². The van der Waals surface area contributed by atoms with Gasteiger partial charge in [-0.3, -0.25) is 4.79 Å². The van der Waals surface area contributed by atoms with Gasteiger partial charge >= 0.3 is 6.09 Å². The lowest BCUT2D eigenvalue weighted by Gasteiger charge is -2.41. The Hall–Kier alpha value is -1.26. The molecule has 0 bridgehead atoms. The Balaban J connectivity index is 1.96. The summed E-state index contributed by atoms with van der Waals surface area (Å²) in [5.41, 5.74) is -0.409. The predicted octanol–water partition coefficient (Wildman–Crippen LogP) is 2.55. The number of hydrogen-bond acceptors (Lipinski definition) is 3. The molecule has 2 saturated heterocycles. The van der Waals surface area contributed by atoms with Crippen molar-refractivity contribution in [2.24, 2.45) is 11.3 Å². The van der Waals surface area contributed by atoms with Crippen LogP contribution in [-0.4, -0.2) is 42.1 Å². The topological polar surface area (TPSA) is 58.6 Å². The van der Waals surface area contributed by atoms with Crippen LogP contribution in [0.2, 0.25) is 0 Å². The van der Waals surface area contributed by atoms with Gasteiger partial charge in [-0.1, -0.05) is 13.3 Å². The highest BCUT2D eigenvalue weighted by molar-refractivity contribution is 5.82. The lowest BCUT2D eigenvalue weighted by atomic mass is 9.69. The zero-order valence-corrected chi connectivity index (χ0v) is 13.7. The van der Waals surface area contributed by atoms with E-state index in [4.69, 9.17) is 4.74 Å². The Bertz CT molecular complexity index is 406. The highest BCUT2D eigenvalue weighted by Crippen LogP contribution is 2.44. The highest BCUT2D eigenvalue weighted by atomic mass is 16.6. The minimum absolute atomic E-state index is 0.0472. The summed E-state index contributed by atoms with van der Waals surface area (Å²) in [6.07, 6.45) is 3.50. The molecule has 2 aliphatic rings. The van der Waals surface area contributed by atoms with E-state index in [1.54, 1.807) is 4.90 Å². The third-order valence-electron chi connectivity index (χ3n) is 4.66. The number of rotatable bonds is 2. The number of nitrogens with one attached hydrogen (secondary N) is 1. The summed E-state index contributed by atoms with van der Waals surface area (Å²) >= 11 is 0. The second-order valence-electron chi connectivity index (χ2n) is 7.39. The van der Waals surface area contributed by atoms with Gasteiger partial charge in [0.25, 0.3) is 0 Å². The fraction of sp³-hybridized carbons (Fsp3) is 0.875. The molecule has 21 heavy (non-hydrogen) atoms. The van der Waals surface area contributed by atoms with Crippen LogP contribution < -0.4 is 5.32 Å². The molecule has 0 aromatic carbocycles. The van der Waals surface area contributed by atoms with Crippen LogP contribution in [0.5, 0.6) is 0 Å². The first-order valence-electron chi connectivity index (χ1n) is 8.03. The summed E-state index contributed by atoms with van der Waals surface area (Å²) in [6.45, 7) is 9.90. The molecule has 2 fully saturated rings. The first-order valence-corrected chi connectivity index (χ1v) is 8.03. The van der Waals surface area contributed by atoms with E-state index in [2.05, 4.69) is 12.2 Å². The summed E-state index contributed by atoms with van der Waals surface area (Å²) in [5.74, 6) is 0.311. The molecular weight excluding hydrogens is 268 g/mol. The maximum Gasteiger partial charge on any atom is 0.410 e. The lowest BCUT2D eigenvalue weighted by molar-refractivity contribution is -0.124. The van der Waals surface area contributed by atoms with Gasteiger partial charge in [0.15, 0.2) is 0 Å². The molecule has 1 unspecified atom stereocenters. The molecule has 2 heterocycles. The van der Waals surface area contributed by atoms with Crippen LogP contribution in [0.3, 0.4) is 0 Å². The third kappa shape index (κ3) is 3.50. The maximum atomic E-state index is 12.1. The third-order valence-corrected chi connectivity index (χ3v) is 4.66. The average molecular weight is 296 g/mol. The van der Waals surface area contributed by atoms with Crippen LogP contribution in [0.25, 0.3) is 0 Å². The van der Waals surface area contributed by atoms with Crippen LogP contribution in [0.1, 0.15) is 53.4 Å². The number of amides is 2. The van der Waals surface area contributed by atoms with E-state index < -0.39 is 5.60 Å². The number of likely N-dealkylation sites (tertiary alicyclic amines) is 1. The van der Waals surface area contributed by atoms with E-state index >= 15 is 0 Å². The SMILES string of the molecule is CCCC1C(=O)NCC12CCN(C(=O)OC(C)(C)C)CC2. The summed E-state index contributed by atoms with van der Waals surface area (Å²) < 4.78 is 5.43. The second kappa shape index (κ2) is 5.85. The molecule has 120 valence electrons. The number of carbonyl (C=O) groups excluding carboxylic acids is 2. The van der Waals surface area contributed by atoms with Gasteiger partial charge in [0.1, 0.15) is 5.60 Å². The minimum atomic E-state index is -0.457. The normalized spacial score (nSPS) is 25.0. The van der Waals surface area contributed by atoms with Gasteiger partial charge in [-0.2, -0.15) is 0 Å². The van der Waals surface area contributed by atoms with Crippen LogP contribution in [0.4, 0.5) is 4.79 Å². The standard InChI is InChI=1S/C16H28N2O3/c1-5-6-12-13(19)17-11-16(12)7-9-18(10-8-16)14(20)21-15(2,3)4/h12H,5-11H2,1-4H3,(H,17,19). The molecule has 5 nitrogen and oxygen atoms in total. The molecule has 0 aliphatic carbocycles. The lowest BCUT2D eigenvalue weighted by Crippen LogP contribution is -2.47. The summed E-state index contributed by atoms with van der Waals surface area (Å²) in [6, 6.07) is 0. The van der Waals surface area contributed by atoms with Crippen molar-refractivity contribution < 1.29 is 14.3 Å². The average Bonchev–Trinajstić information content (AvgIpc) is 2.68. The van der Waals surface area contributed by atoms with Crippen LogP contribution >= 0.6 is 0 Å². The number of hydrogen-bond donors (Lipinski definition) is 1. The fourth-order valence-electron chi connectivity index (χ4n) is 3.50. The molecule has 0 aromatic heterocycles. The largest absolute Gasteiger partial charge is 0.444 e. The quantitative estimate of drug-likeness (QED) is 0.852. The van der Waals surface area contributed by atoms with Crippen molar-refractivity contribution >= 4 is 12.0 Å². The van der Waals surface area contributed by atoms with Gasteiger partial charge in [-0.15, -0.1) is 0 Å². The van der Waals surface area contributed by atoms with Crippen molar-refractivity contribution in [2.75, 3.05) is 19.6 Å². The van der Waals surface area contributed by atoms with E-state index in [1.165, 1.54) is 0 Å². The number of ether oxygens (including phenoxy) is 1. The van der Waals surface area contributed by atoms with Crippen molar-refractivity contribution in [1.29, 1.82) is 0 Å². The molecule has 2 amide bonds. The zero-order valence-electron chi connectivity index (χ0n) is 13.7. The number of nitrogens with zero attached hydrogens (tertiary/aromatic N) is 1. The maximum absolute atomic E-state index is 12.1. The van der Waals surface area contributed by atoms with Gasteiger partial charge in [-0.05, 0) is 40.0 Å². The molecule has 5 heteroatoms. The van der Waals surface area contributed by atoms with E-state index in [1.807, 2.05) is 20.8 Å². The second-order valence-corrected chi connectivity index (χ2v) is 7.39. The van der Waals surface area contributed by atoms with Crippen LogP contribution in [0.15, 0.2) is 0 Å². The van der Waals surface area contributed by atoms with Crippen LogP contribution in [0, 0.1) is 11.3 Å². The van der Waals surface area contributed by atoms with Crippen molar-refractivity contribution in [3.63, 3.8) is 0 Å². The summed E-state index contributed by atoms with van der Waals surface area (Å²) in [7, 11) is 0. The molecule has 0 radical (unpaired) electrons. The molecule has 2 aliphatic heterocycles. The molecule has 1 spiro atoms. The van der Waals surface area contributed by atoms with E-state index in [0.29, 0.717) is 13.1 Å². The minimum Gasteiger partial charge on any atom is -0.444 e. The summed E-state index contributed by atoms with van der Waals surface area (Å²) in [5, 5.41) is 3.02. The summed E-state index contributed by atoms with van der Waals surface area (Å²) in [4.78, 5) is 25.9. The Morgan fingerprint density at radius 1 is 1.38 bits per heavy atom. The fourth-order valence-corrected chi connectivity index (χ4v) is 3.50. The van der Waals surface area contributed by atoms with Crippen molar-refractivity contribution in [3.05, 3.63) is 0 Å². The van der Waals surface area contributed by atoms with Gasteiger partial charge in [0, 0.05) is 31.0 Å². The Morgan fingerprint density at radius 3 is 2.52 bits per heavy atom. The van der Waals surface area contributed by atoms with Crippen molar-refractivity contribution in [2.45, 2.75) is 59.0 Å². The van der Waals surface area contributed by atoms with E-state index in [0.717, 1.165) is 32.2 Å². The number of carbonyl (C=O) groups is 2. The smallest absolute Gasteiger partial charge is 0.410 e. The molecule has 1 atom stereocenters. The van der Waals surface area contributed by atoms with E-state index in [9.17, 15) is 9.59 Å².